The summed E-state index contributed by atoms with van der Waals surface area (Å²) < 4.78 is 0. The largest absolute Gasteiger partial charge is 0.508 e. The van der Waals surface area contributed by atoms with Crippen molar-refractivity contribution in [2.24, 2.45) is 5.73 Å². The van der Waals surface area contributed by atoms with Gasteiger partial charge in [0.1, 0.15) is 5.75 Å². The Labute approximate surface area is 99.6 Å². The predicted molar refractivity (Wildman–Crippen MR) is 68.0 cm³/mol. The van der Waals surface area contributed by atoms with Crippen molar-refractivity contribution in [3.05, 3.63) is 40.9 Å². The zero-order chi connectivity index (χ0) is 11.7. The van der Waals surface area contributed by atoms with E-state index in [0.717, 1.165) is 16.3 Å². The van der Waals surface area contributed by atoms with Gasteiger partial charge in [0.2, 0.25) is 0 Å². The van der Waals surface area contributed by atoms with Crippen LogP contribution in [-0.2, 0) is 6.42 Å². The molecular formula is C13H14ClNO. The van der Waals surface area contributed by atoms with Crippen LogP contribution in [0, 0.1) is 0 Å². The minimum Gasteiger partial charge on any atom is -0.508 e. The average molecular weight is 236 g/mol. The number of halogens is 1. The first-order valence-corrected chi connectivity index (χ1v) is 5.61. The Kier molecular flexibility index (Phi) is 3.03. The van der Waals surface area contributed by atoms with E-state index < -0.39 is 0 Å². The van der Waals surface area contributed by atoms with Crippen LogP contribution in [0.25, 0.3) is 10.8 Å². The SMILES string of the molecule is CC(N)Cc1c(O)ccc2cc(Cl)ccc12. The number of hydrogen-bond acceptors (Lipinski definition) is 2. The van der Waals surface area contributed by atoms with E-state index in [1.807, 2.05) is 31.2 Å². The van der Waals surface area contributed by atoms with Gasteiger partial charge in [0.25, 0.3) is 0 Å². The first kappa shape index (κ1) is 11.2. The lowest BCUT2D eigenvalue weighted by Gasteiger charge is -2.11. The quantitative estimate of drug-likeness (QED) is 0.840. The van der Waals surface area contributed by atoms with Crippen LogP contribution in [-0.4, -0.2) is 11.1 Å². The van der Waals surface area contributed by atoms with Gasteiger partial charge in [-0.3, -0.25) is 0 Å². The van der Waals surface area contributed by atoms with E-state index in [4.69, 9.17) is 17.3 Å². The van der Waals surface area contributed by atoms with Gasteiger partial charge in [-0.25, -0.2) is 0 Å². The summed E-state index contributed by atoms with van der Waals surface area (Å²) in [6.45, 7) is 1.92. The molecular weight excluding hydrogens is 222 g/mol. The number of hydrogen-bond donors (Lipinski definition) is 2. The molecule has 3 heteroatoms. The van der Waals surface area contributed by atoms with Gasteiger partial charge in [0.15, 0.2) is 0 Å². The van der Waals surface area contributed by atoms with E-state index in [-0.39, 0.29) is 6.04 Å². The summed E-state index contributed by atoms with van der Waals surface area (Å²) in [5.41, 5.74) is 6.67. The fourth-order valence-electron chi connectivity index (χ4n) is 1.89. The Balaban J connectivity index is 2.64. The van der Waals surface area contributed by atoms with Crippen molar-refractivity contribution in [3.63, 3.8) is 0 Å². The molecule has 1 unspecified atom stereocenters. The van der Waals surface area contributed by atoms with Crippen LogP contribution in [0.15, 0.2) is 30.3 Å². The van der Waals surface area contributed by atoms with Gasteiger partial charge in [-0.1, -0.05) is 23.7 Å². The monoisotopic (exact) mass is 235 g/mol. The van der Waals surface area contributed by atoms with Crippen molar-refractivity contribution < 1.29 is 5.11 Å². The maximum atomic E-state index is 9.84. The smallest absolute Gasteiger partial charge is 0.119 e. The summed E-state index contributed by atoms with van der Waals surface area (Å²) in [5.74, 6) is 0.298. The van der Waals surface area contributed by atoms with Crippen molar-refractivity contribution in [1.82, 2.24) is 0 Å². The molecule has 0 aliphatic carbocycles. The highest BCUT2D eigenvalue weighted by Gasteiger charge is 2.09. The minimum atomic E-state index is 0.0205. The lowest BCUT2D eigenvalue weighted by Crippen LogP contribution is -2.18. The molecule has 2 aromatic carbocycles. The molecule has 0 saturated heterocycles. The zero-order valence-corrected chi connectivity index (χ0v) is 9.83. The number of phenols is 1. The second kappa shape index (κ2) is 4.32. The van der Waals surface area contributed by atoms with Gasteiger partial charge < -0.3 is 10.8 Å². The van der Waals surface area contributed by atoms with Crippen LogP contribution in [0.4, 0.5) is 0 Å². The fourth-order valence-corrected chi connectivity index (χ4v) is 2.07. The van der Waals surface area contributed by atoms with Crippen LogP contribution in [0.1, 0.15) is 12.5 Å². The molecule has 0 bridgehead atoms. The third-order valence-corrected chi connectivity index (χ3v) is 2.83. The summed E-state index contributed by atoms with van der Waals surface area (Å²) in [4.78, 5) is 0. The molecule has 2 nitrogen and oxygen atoms in total. The van der Waals surface area contributed by atoms with Crippen LogP contribution < -0.4 is 5.73 Å². The van der Waals surface area contributed by atoms with E-state index in [2.05, 4.69) is 0 Å². The molecule has 0 fully saturated rings. The molecule has 16 heavy (non-hydrogen) atoms. The molecule has 0 radical (unpaired) electrons. The molecule has 0 aromatic heterocycles. The number of rotatable bonds is 2. The fraction of sp³-hybridized carbons (Fsp3) is 0.231. The van der Waals surface area contributed by atoms with E-state index in [1.54, 1.807) is 6.07 Å². The van der Waals surface area contributed by atoms with Crippen LogP contribution >= 0.6 is 11.6 Å². The van der Waals surface area contributed by atoms with E-state index in [0.29, 0.717) is 17.2 Å². The van der Waals surface area contributed by atoms with E-state index in [1.165, 1.54) is 0 Å². The van der Waals surface area contributed by atoms with Crippen molar-refractivity contribution >= 4 is 22.4 Å². The van der Waals surface area contributed by atoms with Crippen molar-refractivity contribution in [2.75, 3.05) is 0 Å². The van der Waals surface area contributed by atoms with Crippen molar-refractivity contribution in [3.8, 4) is 5.75 Å². The van der Waals surface area contributed by atoms with Gasteiger partial charge in [-0.05, 0) is 42.3 Å². The molecule has 1 atom stereocenters. The lowest BCUT2D eigenvalue weighted by atomic mass is 9.98. The summed E-state index contributed by atoms with van der Waals surface area (Å²) in [6, 6.07) is 9.22. The highest BCUT2D eigenvalue weighted by atomic mass is 35.5. The molecule has 0 aliphatic rings. The normalized spacial score (nSPS) is 12.9. The van der Waals surface area contributed by atoms with E-state index in [9.17, 15) is 5.11 Å². The Bertz CT molecular complexity index is 523. The molecule has 84 valence electrons. The first-order valence-electron chi connectivity index (χ1n) is 5.23. The Hall–Kier alpha value is -1.25. The van der Waals surface area contributed by atoms with Crippen LogP contribution in [0.5, 0.6) is 5.75 Å². The first-order chi connectivity index (χ1) is 7.58. The molecule has 2 aromatic rings. The van der Waals surface area contributed by atoms with Crippen molar-refractivity contribution in [2.45, 2.75) is 19.4 Å². The Morgan fingerprint density at radius 1 is 1.31 bits per heavy atom. The number of benzene rings is 2. The second-order valence-electron chi connectivity index (χ2n) is 4.11. The third kappa shape index (κ3) is 2.13. The molecule has 3 N–H and O–H groups in total. The van der Waals surface area contributed by atoms with Gasteiger partial charge in [-0.15, -0.1) is 0 Å². The van der Waals surface area contributed by atoms with Crippen LogP contribution in [0.2, 0.25) is 5.02 Å². The zero-order valence-electron chi connectivity index (χ0n) is 9.07. The molecule has 0 aliphatic heterocycles. The van der Waals surface area contributed by atoms with Gasteiger partial charge in [-0.2, -0.15) is 0 Å². The third-order valence-electron chi connectivity index (χ3n) is 2.59. The lowest BCUT2D eigenvalue weighted by molar-refractivity contribution is 0.467. The molecule has 0 amide bonds. The second-order valence-corrected chi connectivity index (χ2v) is 4.55. The Morgan fingerprint density at radius 2 is 2.06 bits per heavy atom. The highest BCUT2D eigenvalue weighted by Crippen LogP contribution is 2.29. The number of fused-ring (bicyclic) bond motifs is 1. The highest BCUT2D eigenvalue weighted by molar-refractivity contribution is 6.31. The molecule has 0 spiro atoms. The number of phenolic OH excluding ortho intramolecular Hbond substituents is 1. The van der Waals surface area contributed by atoms with Crippen molar-refractivity contribution in [1.29, 1.82) is 0 Å². The summed E-state index contributed by atoms with van der Waals surface area (Å²) in [5, 5.41) is 12.6. The average Bonchev–Trinajstić information content (AvgIpc) is 2.22. The Morgan fingerprint density at radius 3 is 2.75 bits per heavy atom. The molecule has 2 rings (SSSR count). The predicted octanol–water partition coefficient (Wildman–Crippen LogP) is 3.09. The van der Waals surface area contributed by atoms with Gasteiger partial charge in [0, 0.05) is 16.6 Å². The number of aromatic hydroxyl groups is 1. The molecule has 0 heterocycles. The van der Waals surface area contributed by atoms with Crippen LogP contribution in [0.3, 0.4) is 0 Å². The summed E-state index contributed by atoms with van der Waals surface area (Å²) >= 11 is 5.93. The van der Waals surface area contributed by atoms with Gasteiger partial charge >= 0.3 is 0 Å². The minimum absolute atomic E-state index is 0.0205. The summed E-state index contributed by atoms with van der Waals surface area (Å²) in [7, 11) is 0. The topological polar surface area (TPSA) is 46.2 Å². The number of nitrogens with two attached hydrogens (primary N) is 1. The van der Waals surface area contributed by atoms with Gasteiger partial charge in [0.05, 0.1) is 0 Å². The maximum absolute atomic E-state index is 9.84. The summed E-state index contributed by atoms with van der Waals surface area (Å²) in [6.07, 6.45) is 0.658. The maximum Gasteiger partial charge on any atom is 0.119 e. The van der Waals surface area contributed by atoms with E-state index >= 15 is 0 Å². The standard InChI is InChI=1S/C13H14ClNO/c1-8(15)6-12-11-4-3-10(14)7-9(11)2-5-13(12)16/h2-5,7-8,16H,6,15H2,1H3. The molecule has 0 saturated carbocycles.